The van der Waals surface area contributed by atoms with Crippen molar-refractivity contribution in [2.24, 2.45) is 0 Å². The van der Waals surface area contributed by atoms with Gasteiger partial charge < -0.3 is 4.90 Å². The second-order valence-electron chi connectivity index (χ2n) is 6.29. The number of likely N-dealkylation sites (tertiary alicyclic amines) is 2. The molecule has 1 amide bonds. The molecular weight excluding hydrogens is 276 g/mol. The first-order valence-corrected chi connectivity index (χ1v) is 7.06. The van der Waals surface area contributed by atoms with Crippen LogP contribution in [0, 0.1) is 18.3 Å². The second kappa shape index (κ2) is 5.38. The van der Waals surface area contributed by atoms with Crippen LogP contribution in [0.25, 0.3) is 0 Å². The lowest BCUT2D eigenvalue weighted by molar-refractivity contribution is -0.132. The first-order valence-electron chi connectivity index (χ1n) is 7.06. The van der Waals surface area contributed by atoms with Gasteiger partial charge in [0, 0.05) is 31.1 Å². The second-order valence-corrected chi connectivity index (χ2v) is 6.29. The smallest absolute Gasteiger partial charge is 0.264 e. The zero-order valence-electron chi connectivity index (χ0n) is 12.4. The number of halogens is 2. The fourth-order valence-electron chi connectivity index (χ4n) is 2.68. The van der Waals surface area contributed by atoms with Gasteiger partial charge >= 0.3 is 0 Å². The Labute approximate surface area is 124 Å². The zero-order valence-corrected chi connectivity index (χ0v) is 12.4. The standard InChI is InChI=1S/C15H20F2N3O/c1-11-4-6-20(11)13(21)12(9-18)8-14(2,3)19-7-5-15(16,17)10-19/h8,11H,1,4-7,10H2,2-3H3/b12-8+/t11-/m1/s1. The Hall–Kier alpha value is -1.48. The van der Waals surface area contributed by atoms with Gasteiger partial charge in [-0.1, -0.05) is 0 Å². The summed E-state index contributed by atoms with van der Waals surface area (Å²) in [7, 11) is 0. The summed E-state index contributed by atoms with van der Waals surface area (Å²) in [6.45, 7) is 7.81. The number of nitrogens with zero attached hydrogens (tertiary/aromatic N) is 3. The average molecular weight is 296 g/mol. The minimum absolute atomic E-state index is 0.00330. The number of alkyl halides is 2. The summed E-state index contributed by atoms with van der Waals surface area (Å²) in [6, 6.07) is 1.80. The van der Waals surface area contributed by atoms with Gasteiger partial charge in [0.2, 0.25) is 0 Å². The van der Waals surface area contributed by atoms with Crippen LogP contribution >= 0.6 is 0 Å². The zero-order chi connectivity index (χ0) is 15.8. The van der Waals surface area contributed by atoms with Gasteiger partial charge in [-0.05, 0) is 33.3 Å². The predicted molar refractivity (Wildman–Crippen MR) is 74.4 cm³/mol. The highest BCUT2D eigenvalue weighted by Crippen LogP contribution is 2.33. The highest BCUT2D eigenvalue weighted by molar-refractivity contribution is 5.98. The fraction of sp³-hybridized carbons (Fsp3) is 0.667. The highest BCUT2D eigenvalue weighted by Gasteiger charge is 2.43. The Bertz CT molecular complexity index is 508. The fourth-order valence-corrected chi connectivity index (χ4v) is 2.68. The Morgan fingerprint density at radius 3 is 2.52 bits per heavy atom. The molecule has 2 aliphatic rings. The first-order chi connectivity index (χ1) is 9.66. The molecule has 0 aliphatic carbocycles. The molecule has 0 spiro atoms. The van der Waals surface area contributed by atoms with Crippen LogP contribution in [0.1, 0.15) is 26.7 Å². The Morgan fingerprint density at radius 2 is 2.14 bits per heavy atom. The van der Waals surface area contributed by atoms with E-state index >= 15 is 0 Å². The van der Waals surface area contributed by atoms with Crippen LogP contribution in [0.15, 0.2) is 11.6 Å². The van der Waals surface area contributed by atoms with E-state index in [9.17, 15) is 18.8 Å². The lowest BCUT2D eigenvalue weighted by atomic mass is 9.97. The van der Waals surface area contributed by atoms with Gasteiger partial charge in [-0.25, -0.2) is 8.78 Å². The first kappa shape index (κ1) is 15.9. The Morgan fingerprint density at radius 1 is 1.48 bits per heavy atom. The van der Waals surface area contributed by atoms with Crippen LogP contribution in [0.3, 0.4) is 0 Å². The maximum atomic E-state index is 13.3. The number of hydrogen-bond donors (Lipinski definition) is 0. The van der Waals surface area contributed by atoms with Crippen molar-refractivity contribution in [1.29, 1.82) is 5.26 Å². The predicted octanol–water partition coefficient (Wildman–Crippen LogP) is 1.99. The molecule has 2 aliphatic heterocycles. The topological polar surface area (TPSA) is 47.3 Å². The molecule has 0 N–H and O–H groups in total. The van der Waals surface area contributed by atoms with E-state index in [0.29, 0.717) is 6.54 Å². The van der Waals surface area contributed by atoms with Crippen molar-refractivity contribution in [1.82, 2.24) is 9.80 Å². The molecule has 6 heteroatoms. The van der Waals surface area contributed by atoms with Crippen molar-refractivity contribution >= 4 is 5.91 Å². The van der Waals surface area contributed by atoms with E-state index in [4.69, 9.17) is 0 Å². The number of rotatable bonds is 3. The number of carbonyl (C=O) groups is 1. The molecular formula is C15H20F2N3O. The van der Waals surface area contributed by atoms with Crippen LogP contribution in [-0.2, 0) is 4.79 Å². The van der Waals surface area contributed by atoms with Crippen molar-refractivity contribution in [2.45, 2.75) is 44.2 Å². The third-order valence-electron chi connectivity index (χ3n) is 4.24. The molecule has 2 rings (SSSR count). The molecule has 0 aromatic rings. The molecule has 0 unspecified atom stereocenters. The molecule has 21 heavy (non-hydrogen) atoms. The van der Waals surface area contributed by atoms with Gasteiger partial charge in [0.15, 0.2) is 0 Å². The molecule has 115 valence electrons. The molecule has 0 aromatic heterocycles. The molecule has 2 heterocycles. The van der Waals surface area contributed by atoms with Gasteiger partial charge in [0.05, 0.1) is 6.54 Å². The van der Waals surface area contributed by atoms with Crippen molar-refractivity contribution < 1.29 is 13.6 Å². The van der Waals surface area contributed by atoms with E-state index in [2.05, 4.69) is 6.92 Å². The summed E-state index contributed by atoms with van der Waals surface area (Å²) in [5.74, 6) is -3.06. The monoisotopic (exact) mass is 296 g/mol. The number of nitriles is 1. The summed E-state index contributed by atoms with van der Waals surface area (Å²) in [6.07, 6.45) is 2.14. The minimum Gasteiger partial charge on any atom is -0.335 e. The maximum Gasteiger partial charge on any atom is 0.264 e. The highest BCUT2D eigenvalue weighted by atomic mass is 19.3. The summed E-state index contributed by atoms with van der Waals surface area (Å²) in [4.78, 5) is 15.4. The number of amides is 1. The van der Waals surface area contributed by atoms with Gasteiger partial charge in [-0.3, -0.25) is 9.69 Å². The lowest BCUT2D eigenvalue weighted by Crippen LogP contribution is -2.50. The van der Waals surface area contributed by atoms with Crippen molar-refractivity contribution in [3.05, 3.63) is 18.6 Å². The van der Waals surface area contributed by atoms with Gasteiger partial charge in [-0.2, -0.15) is 5.26 Å². The van der Waals surface area contributed by atoms with E-state index in [0.717, 1.165) is 6.42 Å². The maximum absolute atomic E-state index is 13.3. The van der Waals surface area contributed by atoms with Gasteiger partial charge in [0.1, 0.15) is 11.6 Å². The van der Waals surface area contributed by atoms with Gasteiger partial charge in [0.25, 0.3) is 11.8 Å². The molecule has 2 fully saturated rings. The normalized spacial score (nSPS) is 26.4. The van der Waals surface area contributed by atoms with E-state index in [1.807, 2.05) is 6.07 Å². The lowest BCUT2D eigenvalue weighted by Gasteiger charge is -2.39. The van der Waals surface area contributed by atoms with Gasteiger partial charge in [-0.15, -0.1) is 0 Å². The molecule has 0 saturated carbocycles. The van der Waals surface area contributed by atoms with E-state index in [-0.39, 0.29) is 37.0 Å². The number of hydrogen-bond acceptors (Lipinski definition) is 3. The summed E-state index contributed by atoms with van der Waals surface area (Å²) < 4.78 is 26.7. The Kier molecular flexibility index (Phi) is 4.07. The average Bonchev–Trinajstić information content (AvgIpc) is 2.75. The molecule has 2 saturated heterocycles. The van der Waals surface area contributed by atoms with E-state index in [1.54, 1.807) is 18.7 Å². The third kappa shape index (κ3) is 3.24. The van der Waals surface area contributed by atoms with Crippen LogP contribution in [0.2, 0.25) is 0 Å². The summed E-state index contributed by atoms with van der Waals surface area (Å²) in [5, 5.41) is 9.21. The van der Waals surface area contributed by atoms with Crippen molar-refractivity contribution in [3.8, 4) is 6.07 Å². The largest absolute Gasteiger partial charge is 0.335 e. The SMILES string of the molecule is [CH2][C@@H]1CCN1C(=O)/C(C#N)=C/C(C)(C)N1CCC(F)(F)C1. The van der Waals surface area contributed by atoms with Crippen LogP contribution in [0.5, 0.6) is 0 Å². The summed E-state index contributed by atoms with van der Waals surface area (Å²) in [5.41, 5.74) is -0.758. The molecule has 0 bridgehead atoms. The Balaban J connectivity index is 2.15. The van der Waals surface area contributed by atoms with Crippen LogP contribution < -0.4 is 0 Å². The van der Waals surface area contributed by atoms with E-state index < -0.39 is 11.5 Å². The van der Waals surface area contributed by atoms with Crippen molar-refractivity contribution in [2.75, 3.05) is 19.6 Å². The van der Waals surface area contributed by atoms with E-state index in [1.165, 1.54) is 11.0 Å². The molecule has 4 nitrogen and oxygen atoms in total. The quantitative estimate of drug-likeness (QED) is 0.591. The van der Waals surface area contributed by atoms with Crippen LogP contribution in [-0.4, -0.2) is 52.8 Å². The summed E-state index contributed by atoms with van der Waals surface area (Å²) >= 11 is 0. The molecule has 0 aromatic carbocycles. The molecule has 1 radical (unpaired) electrons. The minimum atomic E-state index is -2.70. The number of carbonyl (C=O) groups excluding carboxylic acids is 1. The third-order valence-corrected chi connectivity index (χ3v) is 4.24. The van der Waals surface area contributed by atoms with Crippen molar-refractivity contribution in [3.63, 3.8) is 0 Å². The molecule has 1 atom stereocenters. The van der Waals surface area contributed by atoms with Crippen LogP contribution in [0.4, 0.5) is 8.78 Å².